The summed E-state index contributed by atoms with van der Waals surface area (Å²) in [6.45, 7) is 0.882. The van der Waals surface area contributed by atoms with Crippen molar-refractivity contribution in [2.24, 2.45) is 11.8 Å². The third-order valence-corrected chi connectivity index (χ3v) is 5.17. The Morgan fingerprint density at radius 2 is 2.11 bits per heavy atom. The van der Waals surface area contributed by atoms with Gasteiger partial charge in [0.1, 0.15) is 0 Å². The summed E-state index contributed by atoms with van der Waals surface area (Å²) < 4.78 is 1.09. The van der Waals surface area contributed by atoms with Crippen LogP contribution in [0.1, 0.15) is 30.6 Å². The fourth-order valence-electron chi connectivity index (χ4n) is 2.37. The maximum atomic E-state index is 12.0. The summed E-state index contributed by atoms with van der Waals surface area (Å²) in [5.41, 5.74) is 0. The van der Waals surface area contributed by atoms with Crippen LogP contribution in [0.4, 0.5) is 0 Å². The summed E-state index contributed by atoms with van der Waals surface area (Å²) in [5.74, 6) is 0.703. The predicted molar refractivity (Wildman–Crippen MR) is 76.4 cm³/mol. The second-order valence-electron chi connectivity index (χ2n) is 4.82. The average Bonchev–Trinajstić information content (AvgIpc) is 2.82. The van der Waals surface area contributed by atoms with Gasteiger partial charge in [0.25, 0.3) is 0 Å². The first-order chi connectivity index (χ1) is 8.69. The van der Waals surface area contributed by atoms with Crippen LogP contribution in [0, 0.1) is 11.8 Å². The Kier molecular flexibility index (Phi) is 5.21. The van der Waals surface area contributed by atoms with E-state index in [1.54, 1.807) is 11.3 Å². The molecule has 0 bridgehead atoms. The standard InChI is InChI=1S/C13H18BrNO2S/c14-12-6-5-11(18-12)7-15-13(17)10-3-1-9(8-16)2-4-10/h5-6,9-10,16H,1-4,7-8H2,(H,15,17). The number of rotatable bonds is 4. The summed E-state index contributed by atoms with van der Waals surface area (Å²) in [5, 5.41) is 12.1. The number of hydrogen-bond donors (Lipinski definition) is 2. The van der Waals surface area contributed by atoms with Gasteiger partial charge in [0.2, 0.25) is 5.91 Å². The van der Waals surface area contributed by atoms with E-state index in [0.29, 0.717) is 12.5 Å². The minimum Gasteiger partial charge on any atom is -0.396 e. The van der Waals surface area contributed by atoms with Gasteiger partial charge in [-0.1, -0.05) is 0 Å². The van der Waals surface area contributed by atoms with Gasteiger partial charge in [-0.25, -0.2) is 0 Å². The molecule has 1 aromatic heterocycles. The highest BCUT2D eigenvalue weighted by molar-refractivity contribution is 9.11. The molecule has 2 rings (SSSR count). The monoisotopic (exact) mass is 331 g/mol. The van der Waals surface area contributed by atoms with E-state index in [9.17, 15) is 4.79 Å². The zero-order valence-electron chi connectivity index (χ0n) is 10.2. The summed E-state index contributed by atoms with van der Waals surface area (Å²) in [6.07, 6.45) is 3.76. The summed E-state index contributed by atoms with van der Waals surface area (Å²) in [7, 11) is 0. The molecule has 1 amide bonds. The van der Waals surface area contributed by atoms with Gasteiger partial charge in [-0.05, 0) is 59.7 Å². The molecule has 0 saturated heterocycles. The molecule has 18 heavy (non-hydrogen) atoms. The predicted octanol–water partition coefficient (Wildman–Crippen LogP) is 2.93. The average molecular weight is 332 g/mol. The molecule has 2 N–H and O–H groups in total. The van der Waals surface area contributed by atoms with Crippen LogP contribution < -0.4 is 5.32 Å². The molecular formula is C13H18BrNO2S. The maximum Gasteiger partial charge on any atom is 0.223 e. The van der Waals surface area contributed by atoms with Gasteiger partial charge in [-0.15, -0.1) is 11.3 Å². The number of amides is 1. The van der Waals surface area contributed by atoms with Gasteiger partial charge >= 0.3 is 0 Å². The second kappa shape index (κ2) is 6.68. The smallest absolute Gasteiger partial charge is 0.223 e. The topological polar surface area (TPSA) is 49.3 Å². The van der Waals surface area contributed by atoms with E-state index in [0.717, 1.165) is 29.5 Å². The van der Waals surface area contributed by atoms with Crippen LogP contribution in [0.15, 0.2) is 15.9 Å². The van der Waals surface area contributed by atoms with Crippen molar-refractivity contribution in [1.82, 2.24) is 5.32 Å². The molecule has 1 aliphatic carbocycles. The van der Waals surface area contributed by atoms with Crippen molar-refractivity contribution in [3.05, 3.63) is 20.8 Å². The normalized spacial score (nSPS) is 23.9. The third kappa shape index (κ3) is 3.80. The fourth-order valence-corrected chi connectivity index (χ4v) is 3.80. The van der Waals surface area contributed by atoms with Crippen molar-refractivity contribution in [2.45, 2.75) is 32.2 Å². The van der Waals surface area contributed by atoms with E-state index >= 15 is 0 Å². The number of hydrogen-bond acceptors (Lipinski definition) is 3. The van der Waals surface area contributed by atoms with Crippen molar-refractivity contribution in [2.75, 3.05) is 6.61 Å². The van der Waals surface area contributed by atoms with Gasteiger partial charge in [-0.2, -0.15) is 0 Å². The molecule has 0 aliphatic heterocycles. The number of thiophene rings is 1. The fraction of sp³-hybridized carbons (Fsp3) is 0.615. The molecule has 1 heterocycles. The number of nitrogens with one attached hydrogen (secondary N) is 1. The van der Waals surface area contributed by atoms with Gasteiger partial charge < -0.3 is 10.4 Å². The van der Waals surface area contributed by atoms with E-state index in [1.165, 1.54) is 4.88 Å². The Morgan fingerprint density at radius 1 is 1.39 bits per heavy atom. The molecule has 0 radical (unpaired) electrons. The highest BCUT2D eigenvalue weighted by Crippen LogP contribution is 2.28. The van der Waals surface area contributed by atoms with Crippen LogP contribution in [-0.2, 0) is 11.3 Å². The maximum absolute atomic E-state index is 12.0. The highest BCUT2D eigenvalue weighted by atomic mass is 79.9. The van der Waals surface area contributed by atoms with E-state index in [-0.39, 0.29) is 18.4 Å². The van der Waals surface area contributed by atoms with E-state index in [1.807, 2.05) is 12.1 Å². The number of carbonyl (C=O) groups excluding carboxylic acids is 1. The first kappa shape index (κ1) is 14.0. The number of carbonyl (C=O) groups is 1. The van der Waals surface area contributed by atoms with Crippen LogP contribution in [0.2, 0.25) is 0 Å². The molecule has 100 valence electrons. The summed E-state index contributed by atoms with van der Waals surface area (Å²) >= 11 is 5.06. The zero-order valence-corrected chi connectivity index (χ0v) is 12.6. The second-order valence-corrected chi connectivity index (χ2v) is 7.37. The Morgan fingerprint density at radius 3 is 2.67 bits per heavy atom. The molecule has 0 spiro atoms. The van der Waals surface area contributed by atoms with Crippen molar-refractivity contribution in [3.8, 4) is 0 Å². The zero-order chi connectivity index (χ0) is 13.0. The lowest BCUT2D eigenvalue weighted by atomic mass is 9.82. The first-order valence-corrected chi connectivity index (χ1v) is 7.92. The molecule has 0 aromatic carbocycles. The van der Waals surface area contributed by atoms with Crippen LogP contribution in [0.25, 0.3) is 0 Å². The minimum absolute atomic E-state index is 0.135. The molecule has 1 aliphatic rings. The van der Waals surface area contributed by atoms with Gasteiger partial charge in [0.05, 0.1) is 10.3 Å². The van der Waals surface area contributed by atoms with Gasteiger partial charge in [-0.3, -0.25) is 4.79 Å². The lowest BCUT2D eigenvalue weighted by Gasteiger charge is -2.26. The van der Waals surface area contributed by atoms with E-state index < -0.39 is 0 Å². The highest BCUT2D eigenvalue weighted by Gasteiger charge is 2.25. The molecule has 1 fully saturated rings. The number of aliphatic hydroxyl groups excluding tert-OH is 1. The Bertz CT molecular complexity index is 399. The Labute approximate surface area is 120 Å². The molecule has 3 nitrogen and oxygen atoms in total. The largest absolute Gasteiger partial charge is 0.396 e. The van der Waals surface area contributed by atoms with Crippen LogP contribution >= 0.6 is 27.3 Å². The van der Waals surface area contributed by atoms with Crippen molar-refractivity contribution in [1.29, 1.82) is 0 Å². The van der Waals surface area contributed by atoms with Crippen molar-refractivity contribution >= 4 is 33.2 Å². The quantitative estimate of drug-likeness (QED) is 0.891. The number of halogens is 1. The molecule has 0 atom stereocenters. The number of aliphatic hydroxyl groups is 1. The summed E-state index contributed by atoms with van der Waals surface area (Å²) in [4.78, 5) is 13.2. The van der Waals surface area contributed by atoms with E-state index in [2.05, 4.69) is 21.2 Å². The lowest BCUT2D eigenvalue weighted by molar-refractivity contribution is -0.126. The molecule has 1 saturated carbocycles. The summed E-state index contributed by atoms with van der Waals surface area (Å²) in [6, 6.07) is 4.02. The third-order valence-electron chi connectivity index (χ3n) is 3.54. The Hall–Kier alpha value is -0.390. The SMILES string of the molecule is O=C(NCc1ccc(Br)s1)C1CCC(CO)CC1. The molecule has 1 aromatic rings. The van der Waals surface area contributed by atoms with Crippen LogP contribution in [0.3, 0.4) is 0 Å². The van der Waals surface area contributed by atoms with Crippen LogP contribution in [0.5, 0.6) is 0 Å². The molecular weight excluding hydrogens is 314 g/mol. The molecule has 0 unspecified atom stereocenters. The van der Waals surface area contributed by atoms with Crippen molar-refractivity contribution in [3.63, 3.8) is 0 Å². The Balaban J connectivity index is 1.75. The molecule has 5 heteroatoms. The van der Waals surface area contributed by atoms with Crippen molar-refractivity contribution < 1.29 is 9.90 Å². The van der Waals surface area contributed by atoms with Gasteiger partial charge in [0.15, 0.2) is 0 Å². The lowest BCUT2D eigenvalue weighted by Crippen LogP contribution is -2.33. The first-order valence-electron chi connectivity index (χ1n) is 6.32. The van der Waals surface area contributed by atoms with Gasteiger partial charge in [0, 0.05) is 17.4 Å². The minimum atomic E-state index is 0.135. The van der Waals surface area contributed by atoms with Crippen LogP contribution in [-0.4, -0.2) is 17.6 Å². The van der Waals surface area contributed by atoms with E-state index in [4.69, 9.17) is 5.11 Å².